The van der Waals surface area contributed by atoms with Crippen LogP contribution in [0.1, 0.15) is 56.0 Å². The summed E-state index contributed by atoms with van der Waals surface area (Å²) in [4.78, 5) is 15.3. The average Bonchev–Trinajstić information content (AvgIpc) is 3.23. The molecule has 5 rings (SSSR count). The summed E-state index contributed by atoms with van der Waals surface area (Å²) in [5, 5.41) is 31.6. The summed E-state index contributed by atoms with van der Waals surface area (Å²) < 4.78 is 1.91. The molecular weight excluding hydrogens is 634 g/mol. The minimum absolute atomic E-state index is 0.0854. The minimum atomic E-state index is -0.190. The molecule has 9 nitrogen and oxygen atoms in total. The normalized spacial score (nSPS) is 22.8. The standard InChI is InChI=1S/C26H33ClIN8OP/c1-4-25(3)12-31-5-6-35(25)24-22(21-18(10-29)19(33-38-28)7-16(2)23(21)27)20(11-30)36(32-24)17-8-26(9-17)13-34(14-26)15-37/h7,10,15,17,29,31,33,38H,4-6,8-9,12-14H2,1-3H3/t25-/m0/s1. The highest BCUT2D eigenvalue weighted by Gasteiger charge is 2.54. The Kier molecular flexibility index (Phi) is 7.68. The van der Waals surface area contributed by atoms with Crippen molar-refractivity contribution in [1.29, 1.82) is 10.7 Å². The summed E-state index contributed by atoms with van der Waals surface area (Å²) in [7, 11) is 0. The quantitative estimate of drug-likeness (QED) is 0.156. The highest BCUT2D eigenvalue weighted by atomic mass is 127. The number of nitriles is 1. The number of carbonyl (C=O) groups is 1. The first kappa shape index (κ1) is 27.6. The third kappa shape index (κ3) is 4.40. The number of anilines is 2. The van der Waals surface area contributed by atoms with Gasteiger partial charge in [0.2, 0.25) is 6.41 Å². The lowest BCUT2D eigenvalue weighted by Crippen LogP contribution is -2.62. The SMILES string of the molecule is CC[C@@]1(C)CNCCN1c1nn(C2CC3(C2)CN(C=O)C3)c(C#N)c1-c1c(Cl)c(C)cc(NPI)c1C=N. The van der Waals surface area contributed by atoms with Crippen molar-refractivity contribution >= 4 is 64.1 Å². The average molecular weight is 667 g/mol. The second kappa shape index (κ2) is 10.6. The number of benzene rings is 1. The molecule has 2 atom stereocenters. The van der Waals surface area contributed by atoms with Crippen molar-refractivity contribution in [2.75, 3.05) is 42.7 Å². The number of aromatic nitrogens is 2. The number of amides is 1. The molecule has 1 aliphatic carbocycles. The van der Waals surface area contributed by atoms with E-state index in [-0.39, 0.29) is 17.0 Å². The molecule has 1 spiro atoms. The zero-order chi connectivity index (χ0) is 27.2. The number of nitrogens with one attached hydrogen (secondary N) is 3. The van der Waals surface area contributed by atoms with Crippen molar-refractivity contribution in [3.63, 3.8) is 0 Å². The van der Waals surface area contributed by atoms with E-state index < -0.39 is 0 Å². The molecule has 12 heteroatoms. The van der Waals surface area contributed by atoms with Gasteiger partial charge in [-0.15, -0.1) is 0 Å². The molecule has 3 heterocycles. The molecule has 1 amide bonds. The molecule has 38 heavy (non-hydrogen) atoms. The maximum atomic E-state index is 11.1. The van der Waals surface area contributed by atoms with Crippen LogP contribution in [0, 0.1) is 29.1 Å². The molecule has 0 radical (unpaired) electrons. The largest absolute Gasteiger partial charge is 0.358 e. The Morgan fingerprint density at radius 1 is 1.42 bits per heavy atom. The van der Waals surface area contributed by atoms with Gasteiger partial charge in [-0.2, -0.15) is 10.4 Å². The van der Waals surface area contributed by atoms with Crippen LogP contribution in [0.5, 0.6) is 0 Å². The fourth-order valence-electron chi connectivity index (χ4n) is 6.42. The van der Waals surface area contributed by atoms with Gasteiger partial charge in [0.05, 0.1) is 22.2 Å². The van der Waals surface area contributed by atoms with Crippen molar-refractivity contribution in [2.45, 2.75) is 51.6 Å². The zero-order valence-corrected chi connectivity index (χ0v) is 25.8. The third-order valence-corrected chi connectivity index (χ3v) is 10.3. The van der Waals surface area contributed by atoms with Crippen molar-refractivity contribution in [2.24, 2.45) is 5.41 Å². The Hall–Kier alpha value is -1.93. The van der Waals surface area contributed by atoms with Crippen LogP contribution in [0.15, 0.2) is 6.07 Å². The first-order valence-electron chi connectivity index (χ1n) is 12.9. The van der Waals surface area contributed by atoms with Crippen molar-refractivity contribution in [1.82, 2.24) is 20.0 Å². The number of hydrogen-bond donors (Lipinski definition) is 3. The lowest BCUT2D eigenvalue weighted by Gasteiger charge is -2.57. The fourth-order valence-corrected chi connectivity index (χ4v) is 7.85. The number of carbonyl (C=O) groups excluding carboxylic acids is 1. The lowest BCUT2D eigenvalue weighted by atomic mass is 9.61. The number of aryl methyl sites for hydroxylation is 1. The molecule has 3 N–H and O–H groups in total. The number of piperazine rings is 1. The maximum Gasteiger partial charge on any atom is 0.209 e. The van der Waals surface area contributed by atoms with Crippen molar-refractivity contribution < 1.29 is 4.79 Å². The monoisotopic (exact) mass is 666 g/mol. The second-order valence-electron chi connectivity index (χ2n) is 11.1. The molecule has 1 aromatic heterocycles. The first-order chi connectivity index (χ1) is 18.2. The molecule has 2 saturated heterocycles. The van der Waals surface area contributed by atoms with Crippen molar-refractivity contribution in [3.8, 4) is 17.2 Å². The van der Waals surface area contributed by atoms with Gasteiger partial charge >= 0.3 is 0 Å². The molecule has 3 aliphatic rings. The Morgan fingerprint density at radius 3 is 2.76 bits per heavy atom. The van der Waals surface area contributed by atoms with Crippen LogP contribution in [0.2, 0.25) is 5.02 Å². The first-order valence-corrected chi connectivity index (χ1v) is 17.4. The molecule has 1 saturated carbocycles. The number of hydrogen-bond acceptors (Lipinski definition) is 7. The van der Waals surface area contributed by atoms with E-state index in [0.717, 1.165) is 75.5 Å². The summed E-state index contributed by atoms with van der Waals surface area (Å²) in [6.07, 6.45) is 5.36. The van der Waals surface area contributed by atoms with E-state index in [4.69, 9.17) is 22.1 Å². The van der Waals surface area contributed by atoms with E-state index in [9.17, 15) is 10.1 Å². The fraction of sp³-hybridized carbons (Fsp3) is 0.538. The Morgan fingerprint density at radius 2 is 2.16 bits per heavy atom. The number of rotatable bonds is 8. The topological polar surface area (TPSA) is 113 Å². The van der Waals surface area contributed by atoms with Crippen LogP contribution >= 0.6 is 40.0 Å². The van der Waals surface area contributed by atoms with Crippen LogP contribution in [0.25, 0.3) is 11.1 Å². The summed E-state index contributed by atoms with van der Waals surface area (Å²) in [5.74, 6) is 0.759. The van der Waals surface area contributed by atoms with Gasteiger partial charge in [-0.05, 0) is 66.8 Å². The smallest absolute Gasteiger partial charge is 0.209 e. The number of nitrogens with zero attached hydrogens (tertiary/aromatic N) is 5. The maximum absolute atomic E-state index is 11.1. The van der Waals surface area contributed by atoms with E-state index >= 15 is 0 Å². The predicted octanol–water partition coefficient (Wildman–Crippen LogP) is 5.11. The Bertz CT molecular complexity index is 1310. The third-order valence-electron chi connectivity index (χ3n) is 8.66. The van der Waals surface area contributed by atoms with Crippen LogP contribution < -0.4 is 15.3 Å². The van der Waals surface area contributed by atoms with Gasteiger partial charge in [-0.1, -0.05) is 18.5 Å². The van der Waals surface area contributed by atoms with Crippen LogP contribution in [-0.4, -0.2) is 65.6 Å². The molecule has 202 valence electrons. The molecule has 0 bridgehead atoms. The van der Waals surface area contributed by atoms with Gasteiger partial charge in [-0.3, -0.25) is 4.79 Å². The van der Waals surface area contributed by atoms with E-state index in [1.807, 2.05) is 17.7 Å². The number of likely N-dealkylation sites (tertiary alicyclic amines) is 1. The second-order valence-corrected chi connectivity index (χ2v) is 13.5. The summed E-state index contributed by atoms with van der Waals surface area (Å²) in [6.45, 7) is 10.3. The Balaban J connectivity index is 1.71. The molecule has 2 aromatic rings. The van der Waals surface area contributed by atoms with E-state index in [1.54, 1.807) is 4.90 Å². The van der Waals surface area contributed by atoms with E-state index in [2.05, 4.69) is 57.3 Å². The van der Waals surface area contributed by atoms with Crippen LogP contribution in [-0.2, 0) is 4.79 Å². The Labute approximate surface area is 243 Å². The van der Waals surface area contributed by atoms with Gasteiger partial charge < -0.3 is 25.6 Å². The molecule has 3 fully saturated rings. The van der Waals surface area contributed by atoms with Gasteiger partial charge in [0.1, 0.15) is 11.8 Å². The predicted molar refractivity (Wildman–Crippen MR) is 163 cm³/mol. The summed E-state index contributed by atoms with van der Waals surface area (Å²) >= 11 is 9.30. The van der Waals surface area contributed by atoms with Crippen LogP contribution in [0.3, 0.4) is 0 Å². The van der Waals surface area contributed by atoms with Crippen molar-refractivity contribution in [3.05, 3.63) is 27.9 Å². The van der Waals surface area contributed by atoms with E-state index in [1.165, 1.54) is 6.21 Å². The summed E-state index contributed by atoms with van der Waals surface area (Å²) in [6, 6.07) is 4.54. The highest BCUT2D eigenvalue weighted by Crippen LogP contribution is 2.55. The van der Waals surface area contributed by atoms with E-state index in [0.29, 0.717) is 33.8 Å². The number of halogens is 2. The van der Waals surface area contributed by atoms with Gasteiger partial charge in [0, 0.05) is 67.5 Å². The molecule has 1 unspecified atom stereocenters. The molecular formula is C26H33ClIN8OP. The van der Waals surface area contributed by atoms with Crippen LogP contribution in [0.4, 0.5) is 11.5 Å². The zero-order valence-electron chi connectivity index (χ0n) is 21.9. The molecule has 1 aromatic carbocycles. The van der Waals surface area contributed by atoms with Gasteiger partial charge in [-0.25, -0.2) is 4.68 Å². The lowest BCUT2D eigenvalue weighted by molar-refractivity contribution is -0.140. The summed E-state index contributed by atoms with van der Waals surface area (Å²) in [5.41, 5.74) is 4.22. The molecule has 2 aliphatic heterocycles. The van der Waals surface area contributed by atoms with Gasteiger partial charge in [0.25, 0.3) is 0 Å². The highest BCUT2D eigenvalue weighted by molar-refractivity contribution is 14.2. The van der Waals surface area contributed by atoms with Gasteiger partial charge in [0.15, 0.2) is 5.82 Å². The minimum Gasteiger partial charge on any atom is -0.358 e.